The standard InChI is InChI=1S/C15H27N3/c1-7-12(15(2,3)4)10-14(16-5)17-13-8-9-18(6)11-13/h7,10,13,17H,5,8-9,11H2,1-4,6H3/b12-7+,14-10+. The first-order valence-corrected chi connectivity index (χ1v) is 6.67. The lowest BCUT2D eigenvalue weighted by atomic mass is 9.86. The molecule has 3 nitrogen and oxygen atoms in total. The van der Waals surface area contributed by atoms with Crippen LogP contribution in [0.15, 0.2) is 28.5 Å². The molecule has 1 fully saturated rings. The van der Waals surface area contributed by atoms with Crippen molar-refractivity contribution in [1.29, 1.82) is 0 Å². The lowest BCUT2D eigenvalue weighted by Crippen LogP contribution is -2.30. The number of hydrogen-bond donors (Lipinski definition) is 1. The number of rotatable bonds is 4. The van der Waals surface area contributed by atoms with Gasteiger partial charge < -0.3 is 10.2 Å². The number of allylic oxidation sites excluding steroid dienone is 3. The van der Waals surface area contributed by atoms with E-state index in [4.69, 9.17) is 0 Å². The van der Waals surface area contributed by atoms with Crippen LogP contribution >= 0.6 is 0 Å². The summed E-state index contributed by atoms with van der Waals surface area (Å²) in [6, 6.07) is 0.491. The van der Waals surface area contributed by atoms with Gasteiger partial charge in [0.05, 0.1) is 0 Å². The van der Waals surface area contributed by atoms with Crippen molar-refractivity contribution in [2.45, 2.75) is 40.2 Å². The predicted octanol–water partition coefficient (Wildman–Crippen LogP) is 2.81. The highest BCUT2D eigenvalue weighted by molar-refractivity contribution is 5.33. The van der Waals surface area contributed by atoms with Crippen LogP contribution in [-0.4, -0.2) is 37.8 Å². The van der Waals surface area contributed by atoms with E-state index in [0.717, 1.165) is 18.9 Å². The molecule has 1 N–H and O–H groups in total. The van der Waals surface area contributed by atoms with E-state index in [1.807, 2.05) is 0 Å². The highest BCUT2D eigenvalue weighted by atomic mass is 15.2. The smallest absolute Gasteiger partial charge is 0.125 e. The topological polar surface area (TPSA) is 27.6 Å². The van der Waals surface area contributed by atoms with E-state index in [1.165, 1.54) is 12.0 Å². The number of aliphatic imine (C=N–C) groups is 1. The zero-order valence-electron chi connectivity index (χ0n) is 12.5. The molecule has 1 aliphatic rings. The Bertz CT molecular complexity index is 347. The van der Waals surface area contributed by atoms with Gasteiger partial charge in [-0.25, -0.2) is 4.99 Å². The summed E-state index contributed by atoms with van der Waals surface area (Å²) in [7, 11) is 2.15. The van der Waals surface area contributed by atoms with E-state index < -0.39 is 0 Å². The number of likely N-dealkylation sites (N-methyl/N-ethyl adjacent to an activating group) is 1. The Morgan fingerprint density at radius 3 is 2.50 bits per heavy atom. The highest BCUT2D eigenvalue weighted by Gasteiger charge is 2.20. The predicted molar refractivity (Wildman–Crippen MR) is 79.9 cm³/mol. The van der Waals surface area contributed by atoms with Crippen LogP contribution in [0.2, 0.25) is 0 Å². The third-order valence-electron chi connectivity index (χ3n) is 3.38. The van der Waals surface area contributed by atoms with Crippen molar-refractivity contribution in [3.8, 4) is 0 Å². The molecule has 0 aromatic rings. The Labute approximate surface area is 112 Å². The molecule has 0 spiro atoms. The summed E-state index contributed by atoms with van der Waals surface area (Å²) in [5.41, 5.74) is 1.42. The minimum atomic E-state index is 0.138. The maximum absolute atomic E-state index is 4.12. The summed E-state index contributed by atoms with van der Waals surface area (Å²) in [4.78, 5) is 6.45. The van der Waals surface area contributed by atoms with Crippen LogP contribution in [0.25, 0.3) is 0 Å². The fourth-order valence-corrected chi connectivity index (χ4v) is 2.28. The first-order chi connectivity index (χ1) is 8.36. The zero-order chi connectivity index (χ0) is 13.8. The van der Waals surface area contributed by atoms with E-state index in [1.54, 1.807) is 0 Å². The minimum absolute atomic E-state index is 0.138. The van der Waals surface area contributed by atoms with Crippen molar-refractivity contribution in [3.63, 3.8) is 0 Å². The van der Waals surface area contributed by atoms with Crippen LogP contribution in [-0.2, 0) is 0 Å². The number of hydrogen-bond acceptors (Lipinski definition) is 3. The number of nitrogens with one attached hydrogen (secondary N) is 1. The SMILES string of the molecule is C=N/C(=C\C(=C/C)C(C)(C)C)NC1CCN(C)C1. The molecule has 0 amide bonds. The molecule has 3 heteroatoms. The summed E-state index contributed by atoms with van der Waals surface area (Å²) in [6.07, 6.45) is 5.43. The van der Waals surface area contributed by atoms with Crippen LogP contribution in [0.1, 0.15) is 34.1 Å². The summed E-state index contributed by atoms with van der Waals surface area (Å²) >= 11 is 0. The molecule has 0 bridgehead atoms. The fourth-order valence-electron chi connectivity index (χ4n) is 2.28. The third kappa shape index (κ3) is 4.30. The summed E-state index contributed by atoms with van der Waals surface area (Å²) in [5.74, 6) is 0.887. The molecule has 1 saturated heterocycles. The summed E-state index contributed by atoms with van der Waals surface area (Å²) in [6.45, 7) is 14.6. The molecule has 1 unspecified atom stereocenters. The Kier molecular flexibility index (Phi) is 5.15. The van der Waals surface area contributed by atoms with Gasteiger partial charge >= 0.3 is 0 Å². The minimum Gasteiger partial charge on any atom is -0.366 e. The van der Waals surface area contributed by atoms with Crippen molar-refractivity contribution in [3.05, 3.63) is 23.5 Å². The molecule has 0 saturated carbocycles. The van der Waals surface area contributed by atoms with Crippen LogP contribution in [0, 0.1) is 5.41 Å². The summed E-state index contributed by atoms with van der Waals surface area (Å²) < 4.78 is 0. The third-order valence-corrected chi connectivity index (χ3v) is 3.38. The van der Waals surface area contributed by atoms with Gasteiger partial charge in [0.15, 0.2) is 0 Å². The molecule has 0 aromatic carbocycles. The van der Waals surface area contributed by atoms with Crippen molar-refractivity contribution < 1.29 is 0 Å². The first kappa shape index (κ1) is 15.0. The number of nitrogens with zero attached hydrogens (tertiary/aromatic N) is 2. The molecule has 18 heavy (non-hydrogen) atoms. The molecular weight excluding hydrogens is 222 g/mol. The number of likely N-dealkylation sites (tertiary alicyclic amines) is 1. The Hall–Kier alpha value is -1.09. The van der Waals surface area contributed by atoms with Gasteiger partial charge in [-0.2, -0.15) is 0 Å². The van der Waals surface area contributed by atoms with Crippen molar-refractivity contribution >= 4 is 6.72 Å². The van der Waals surface area contributed by atoms with Crippen molar-refractivity contribution in [1.82, 2.24) is 10.2 Å². The van der Waals surface area contributed by atoms with E-state index in [2.05, 4.69) is 68.8 Å². The molecule has 1 aliphatic heterocycles. The molecule has 1 rings (SSSR count). The largest absolute Gasteiger partial charge is 0.366 e. The molecule has 1 heterocycles. The highest BCUT2D eigenvalue weighted by Crippen LogP contribution is 2.27. The Balaban J connectivity index is 2.74. The Morgan fingerprint density at radius 2 is 2.11 bits per heavy atom. The maximum Gasteiger partial charge on any atom is 0.125 e. The van der Waals surface area contributed by atoms with Gasteiger partial charge in [0.1, 0.15) is 5.82 Å². The van der Waals surface area contributed by atoms with Gasteiger partial charge in [-0.3, -0.25) is 0 Å². The van der Waals surface area contributed by atoms with Gasteiger partial charge in [0, 0.05) is 12.6 Å². The maximum atomic E-state index is 4.12. The van der Waals surface area contributed by atoms with Crippen LogP contribution in [0.5, 0.6) is 0 Å². The second-order valence-corrected chi connectivity index (χ2v) is 6.07. The lowest BCUT2D eigenvalue weighted by Gasteiger charge is -2.22. The molecule has 1 atom stereocenters. The van der Waals surface area contributed by atoms with Gasteiger partial charge in [-0.15, -0.1) is 0 Å². The lowest BCUT2D eigenvalue weighted by molar-refractivity contribution is 0.403. The quantitative estimate of drug-likeness (QED) is 0.613. The average Bonchev–Trinajstić information content (AvgIpc) is 2.68. The second-order valence-electron chi connectivity index (χ2n) is 6.07. The second kappa shape index (κ2) is 6.19. The van der Waals surface area contributed by atoms with Gasteiger partial charge in [0.25, 0.3) is 0 Å². The first-order valence-electron chi connectivity index (χ1n) is 6.67. The molecule has 0 aromatic heterocycles. The van der Waals surface area contributed by atoms with E-state index in [9.17, 15) is 0 Å². The van der Waals surface area contributed by atoms with Gasteiger partial charge in [-0.05, 0) is 50.7 Å². The van der Waals surface area contributed by atoms with Gasteiger partial charge in [-0.1, -0.05) is 26.8 Å². The van der Waals surface area contributed by atoms with Crippen molar-refractivity contribution in [2.75, 3.05) is 20.1 Å². The molecule has 0 aliphatic carbocycles. The monoisotopic (exact) mass is 249 g/mol. The molecule has 102 valence electrons. The average molecular weight is 249 g/mol. The summed E-state index contributed by atoms with van der Waals surface area (Å²) in [5, 5.41) is 3.48. The van der Waals surface area contributed by atoms with E-state index in [-0.39, 0.29) is 5.41 Å². The van der Waals surface area contributed by atoms with Crippen LogP contribution in [0.4, 0.5) is 0 Å². The van der Waals surface area contributed by atoms with Crippen molar-refractivity contribution in [2.24, 2.45) is 10.4 Å². The Morgan fingerprint density at radius 1 is 1.44 bits per heavy atom. The van der Waals surface area contributed by atoms with Crippen LogP contribution < -0.4 is 5.32 Å². The van der Waals surface area contributed by atoms with E-state index in [0.29, 0.717) is 6.04 Å². The molecular formula is C15H27N3. The normalized spacial score (nSPS) is 23.3. The van der Waals surface area contributed by atoms with E-state index >= 15 is 0 Å². The zero-order valence-corrected chi connectivity index (χ0v) is 12.5. The molecule has 0 radical (unpaired) electrons. The fraction of sp³-hybridized carbons (Fsp3) is 0.667. The van der Waals surface area contributed by atoms with Gasteiger partial charge in [0.2, 0.25) is 0 Å². The van der Waals surface area contributed by atoms with Crippen LogP contribution in [0.3, 0.4) is 0 Å².